The molecule has 15 heteroatoms. The molecular weight excluding hydrogens is 615 g/mol. The Morgan fingerprint density at radius 2 is 1.80 bits per heavy atom. The summed E-state index contributed by atoms with van der Waals surface area (Å²) in [5, 5.41) is 12.5. The third kappa shape index (κ3) is 7.59. The molecule has 4 atom stereocenters. The summed E-state index contributed by atoms with van der Waals surface area (Å²) in [6, 6.07) is 3.95. The number of rotatable bonds is 6. The highest BCUT2D eigenvalue weighted by atomic mass is 19.3. The lowest BCUT2D eigenvalue weighted by molar-refractivity contribution is -0.122. The van der Waals surface area contributed by atoms with Crippen LogP contribution in [0.1, 0.15) is 54.7 Å². The molecule has 0 bridgehead atoms. The number of piperazine rings is 1. The van der Waals surface area contributed by atoms with Crippen LogP contribution in [-0.4, -0.2) is 83.8 Å². The van der Waals surface area contributed by atoms with Gasteiger partial charge in [0.2, 0.25) is 5.95 Å². The number of ether oxygens (including phenoxy) is 1. The van der Waals surface area contributed by atoms with Gasteiger partial charge in [-0.2, -0.15) is 0 Å². The van der Waals surface area contributed by atoms with Crippen molar-refractivity contribution in [2.75, 3.05) is 43.4 Å². The number of likely N-dealkylation sites (N-methyl/N-ethyl adjacent to an activating group) is 1. The van der Waals surface area contributed by atoms with E-state index < -0.39 is 52.5 Å². The van der Waals surface area contributed by atoms with Crippen LogP contribution in [0.15, 0.2) is 36.5 Å². The van der Waals surface area contributed by atoms with Crippen molar-refractivity contribution >= 4 is 24.0 Å². The molecule has 0 radical (unpaired) electrons. The van der Waals surface area contributed by atoms with E-state index in [2.05, 4.69) is 20.6 Å². The number of morpholine rings is 1. The van der Waals surface area contributed by atoms with Crippen molar-refractivity contribution in [3.05, 3.63) is 70.7 Å². The fourth-order valence-corrected chi connectivity index (χ4v) is 5.72. The molecule has 46 heavy (non-hydrogen) atoms. The van der Waals surface area contributed by atoms with E-state index in [0.717, 1.165) is 18.2 Å². The molecule has 3 N–H and O–H groups in total. The second-order valence-corrected chi connectivity index (χ2v) is 11.2. The molecule has 3 heterocycles. The molecule has 0 spiro atoms. The molecule has 1 aromatic heterocycles. The maximum atomic E-state index is 16.6. The first kappa shape index (κ1) is 34.7. The summed E-state index contributed by atoms with van der Waals surface area (Å²) in [4.78, 5) is 34.3. The maximum Gasteiger partial charge on any atom is 0.290 e. The minimum Gasteiger partial charge on any atom is -0.483 e. The summed E-state index contributed by atoms with van der Waals surface area (Å²) in [7, 11) is 1.86. The van der Waals surface area contributed by atoms with E-state index in [1.54, 1.807) is 0 Å². The van der Waals surface area contributed by atoms with Crippen LogP contribution in [0.2, 0.25) is 0 Å². The number of amides is 1. The van der Waals surface area contributed by atoms with Gasteiger partial charge in [0.05, 0.1) is 29.2 Å². The first-order valence-electron chi connectivity index (χ1n) is 14.5. The number of hydrogen-bond donors (Lipinski definition) is 3. The van der Waals surface area contributed by atoms with Gasteiger partial charge in [-0.25, -0.2) is 31.9 Å². The van der Waals surface area contributed by atoms with E-state index in [1.165, 1.54) is 12.3 Å². The molecule has 1 amide bonds. The number of nitrogens with zero attached hydrogens (tertiary/aromatic N) is 4. The van der Waals surface area contributed by atoms with Crippen LogP contribution >= 0.6 is 0 Å². The molecule has 2 aliphatic rings. The zero-order chi connectivity index (χ0) is 33.7. The lowest BCUT2D eigenvalue weighted by atomic mass is 9.93. The standard InChI is InChI=1S/C30H33F5N6O2.CH2O2/c1-15-13-41(14-16(2)43-15)30-37-8-7-23(38-30)24-22(32)12-21(26-17(3)40(4)10-9-36-26)27(25(24)33)39-29(42)19-6-5-18(31)11-20(19)28(34)35;2-1-3/h5-8,11-12,15-17,26,28,36H,9-10,13-14H2,1-4H3,(H,39,42);1H,(H,2,3)/t15-,16+,17-,26?;/m0./s1. The quantitative estimate of drug-likeness (QED) is 0.249. The molecule has 0 saturated carbocycles. The van der Waals surface area contributed by atoms with Crippen molar-refractivity contribution in [2.45, 2.75) is 51.5 Å². The molecule has 10 nitrogen and oxygen atoms in total. The first-order chi connectivity index (χ1) is 21.9. The van der Waals surface area contributed by atoms with Crippen molar-refractivity contribution in [1.29, 1.82) is 0 Å². The van der Waals surface area contributed by atoms with Gasteiger partial charge in [0.1, 0.15) is 11.6 Å². The topological polar surface area (TPSA) is 120 Å². The zero-order valence-electron chi connectivity index (χ0n) is 25.6. The Hall–Kier alpha value is -4.21. The summed E-state index contributed by atoms with van der Waals surface area (Å²) in [6.07, 6.45) is -2.00. The fourth-order valence-electron chi connectivity index (χ4n) is 5.72. The summed E-state index contributed by atoms with van der Waals surface area (Å²) in [5.74, 6) is -3.83. The van der Waals surface area contributed by atoms with Crippen LogP contribution in [0.4, 0.5) is 33.6 Å². The number of nitrogens with one attached hydrogen (secondary N) is 2. The van der Waals surface area contributed by atoms with Gasteiger partial charge in [0, 0.05) is 61.1 Å². The van der Waals surface area contributed by atoms with E-state index in [1.807, 2.05) is 37.6 Å². The minimum atomic E-state index is -3.16. The van der Waals surface area contributed by atoms with Gasteiger partial charge in [0.25, 0.3) is 18.8 Å². The Morgan fingerprint density at radius 3 is 2.46 bits per heavy atom. The normalized spacial score (nSPS) is 21.8. The maximum absolute atomic E-state index is 16.6. The van der Waals surface area contributed by atoms with Crippen LogP contribution in [-0.2, 0) is 9.53 Å². The molecular formula is C31H35F5N6O4. The number of carbonyl (C=O) groups is 2. The third-order valence-corrected chi connectivity index (χ3v) is 7.92. The molecule has 2 aliphatic heterocycles. The number of aromatic nitrogens is 2. The average molecular weight is 651 g/mol. The highest BCUT2D eigenvalue weighted by Gasteiger charge is 2.33. The van der Waals surface area contributed by atoms with E-state index in [0.29, 0.717) is 32.2 Å². The van der Waals surface area contributed by atoms with Gasteiger partial charge in [-0.15, -0.1) is 0 Å². The van der Waals surface area contributed by atoms with Crippen LogP contribution in [0, 0.1) is 17.5 Å². The van der Waals surface area contributed by atoms with Crippen LogP contribution in [0.25, 0.3) is 11.3 Å². The SMILES string of the molecule is C[C@@H]1CN(c2nccc(-c3c(F)cc(C4NCCN(C)[C@H]4C)c(NC(=O)c4ccc(F)cc4C(F)F)c3F)n2)C[C@H](C)O1.O=CO. The van der Waals surface area contributed by atoms with Crippen LogP contribution in [0.3, 0.4) is 0 Å². The van der Waals surface area contributed by atoms with Gasteiger partial charge in [-0.1, -0.05) is 0 Å². The number of benzene rings is 2. The Bertz CT molecular complexity index is 1550. The predicted octanol–water partition coefficient (Wildman–Crippen LogP) is 5.03. The van der Waals surface area contributed by atoms with Gasteiger partial charge >= 0.3 is 0 Å². The highest BCUT2D eigenvalue weighted by molar-refractivity contribution is 6.06. The lowest BCUT2D eigenvalue weighted by Gasteiger charge is -2.39. The highest BCUT2D eigenvalue weighted by Crippen LogP contribution is 2.38. The van der Waals surface area contributed by atoms with Gasteiger partial charge in [-0.3, -0.25) is 9.59 Å². The van der Waals surface area contributed by atoms with E-state index in [9.17, 15) is 18.0 Å². The number of halogens is 5. The monoisotopic (exact) mass is 650 g/mol. The van der Waals surface area contributed by atoms with E-state index >= 15 is 8.78 Å². The summed E-state index contributed by atoms with van der Waals surface area (Å²) in [6.45, 7) is 7.54. The number of hydrogen-bond acceptors (Lipinski definition) is 8. The number of anilines is 2. The van der Waals surface area contributed by atoms with Crippen molar-refractivity contribution in [3.63, 3.8) is 0 Å². The van der Waals surface area contributed by atoms with Crippen molar-refractivity contribution in [3.8, 4) is 11.3 Å². The summed E-state index contributed by atoms with van der Waals surface area (Å²) in [5.41, 5.74) is -2.25. The molecule has 0 aliphatic carbocycles. The molecule has 1 unspecified atom stereocenters. The van der Waals surface area contributed by atoms with Gasteiger partial charge in [0.15, 0.2) is 5.82 Å². The second kappa shape index (κ2) is 14.9. The van der Waals surface area contributed by atoms with Crippen molar-refractivity contribution < 1.29 is 41.4 Å². The summed E-state index contributed by atoms with van der Waals surface area (Å²) < 4.78 is 79.4. The number of carboxylic acid groups (broad SMARTS) is 1. The average Bonchev–Trinajstić information content (AvgIpc) is 3.00. The van der Waals surface area contributed by atoms with Crippen LogP contribution in [0.5, 0.6) is 0 Å². The smallest absolute Gasteiger partial charge is 0.290 e. The molecule has 2 saturated heterocycles. The van der Waals surface area contributed by atoms with E-state index in [4.69, 9.17) is 14.6 Å². The van der Waals surface area contributed by atoms with Gasteiger partial charge < -0.3 is 30.3 Å². The lowest BCUT2D eigenvalue weighted by Crippen LogP contribution is -2.50. The number of alkyl halides is 2. The van der Waals surface area contributed by atoms with Crippen molar-refractivity contribution in [1.82, 2.24) is 20.2 Å². The van der Waals surface area contributed by atoms with E-state index in [-0.39, 0.29) is 47.6 Å². The molecule has 2 fully saturated rings. The van der Waals surface area contributed by atoms with Gasteiger partial charge in [-0.05, 0) is 58.2 Å². The molecule has 2 aromatic carbocycles. The van der Waals surface area contributed by atoms with Crippen LogP contribution < -0.4 is 15.5 Å². The predicted molar refractivity (Wildman–Crippen MR) is 160 cm³/mol. The molecule has 248 valence electrons. The summed E-state index contributed by atoms with van der Waals surface area (Å²) >= 11 is 0. The number of carbonyl (C=O) groups excluding carboxylic acids is 1. The Kier molecular flexibility index (Phi) is 11.2. The Labute approximate surface area is 262 Å². The molecule has 5 rings (SSSR count). The minimum absolute atomic E-state index is 0.0642. The Balaban J connectivity index is 0.00000154. The molecule has 3 aromatic rings. The Morgan fingerprint density at radius 1 is 1.13 bits per heavy atom. The van der Waals surface area contributed by atoms with Crippen molar-refractivity contribution in [2.24, 2.45) is 0 Å². The first-order valence-corrected chi connectivity index (χ1v) is 14.5. The second-order valence-electron chi connectivity index (χ2n) is 11.2. The largest absolute Gasteiger partial charge is 0.483 e. The zero-order valence-corrected chi connectivity index (χ0v) is 25.6. The fraction of sp³-hybridized carbons (Fsp3) is 0.419. The third-order valence-electron chi connectivity index (χ3n) is 7.92.